The van der Waals surface area contributed by atoms with Gasteiger partial charge in [0.25, 0.3) is 5.91 Å². The quantitative estimate of drug-likeness (QED) is 0.721. The predicted octanol–water partition coefficient (Wildman–Crippen LogP) is 1.53. The van der Waals surface area contributed by atoms with E-state index in [1.807, 2.05) is 0 Å². The standard InChI is InChI=1S/C14H18FN3O/c1-17-10-4-5-11(17)9-18(8-6-10)14(19)12-3-2-7-16-13(12)15/h2-3,7,10-11H,4-6,8-9H2,1H3. The molecule has 2 saturated heterocycles. The van der Waals surface area contributed by atoms with Gasteiger partial charge in [-0.2, -0.15) is 4.39 Å². The van der Waals surface area contributed by atoms with E-state index in [-0.39, 0.29) is 11.5 Å². The molecule has 0 radical (unpaired) electrons. The van der Waals surface area contributed by atoms with Gasteiger partial charge >= 0.3 is 0 Å². The molecule has 0 N–H and O–H groups in total. The van der Waals surface area contributed by atoms with Crippen LogP contribution in [0.3, 0.4) is 0 Å². The molecular weight excluding hydrogens is 245 g/mol. The molecule has 1 aromatic heterocycles. The second kappa shape index (κ2) is 4.89. The highest BCUT2D eigenvalue weighted by Gasteiger charge is 2.36. The Balaban J connectivity index is 1.80. The van der Waals surface area contributed by atoms with Gasteiger partial charge < -0.3 is 4.90 Å². The average molecular weight is 263 g/mol. The SMILES string of the molecule is CN1C2CCC1CN(C(=O)c1cccnc1F)CC2. The maximum absolute atomic E-state index is 13.6. The number of nitrogens with zero attached hydrogens (tertiary/aromatic N) is 3. The lowest BCUT2D eigenvalue weighted by Gasteiger charge is -2.25. The Morgan fingerprint density at radius 1 is 1.37 bits per heavy atom. The van der Waals surface area contributed by atoms with Crippen LogP contribution in [0.1, 0.15) is 29.6 Å². The molecule has 2 aliphatic heterocycles. The molecule has 4 nitrogen and oxygen atoms in total. The van der Waals surface area contributed by atoms with Gasteiger partial charge in [-0.25, -0.2) is 4.98 Å². The summed E-state index contributed by atoms with van der Waals surface area (Å²) in [4.78, 5) is 20.1. The number of likely N-dealkylation sites (N-methyl/N-ethyl adjacent to an activating group) is 1. The van der Waals surface area contributed by atoms with Gasteiger partial charge in [-0.05, 0) is 38.4 Å². The van der Waals surface area contributed by atoms with Crippen LogP contribution < -0.4 is 0 Å². The molecule has 3 heterocycles. The summed E-state index contributed by atoms with van der Waals surface area (Å²) in [5.74, 6) is -0.901. The molecule has 2 aliphatic rings. The van der Waals surface area contributed by atoms with Crippen molar-refractivity contribution in [3.8, 4) is 0 Å². The minimum absolute atomic E-state index is 0.0860. The van der Waals surface area contributed by atoms with Crippen LogP contribution in [-0.2, 0) is 0 Å². The first-order valence-corrected chi connectivity index (χ1v) is 6.78. The molecule has 0 spiro atoms. The Bertz CT molecular complexity index is 493. The van der Waals surface area contributed by atoms with Gasteiger partial charge in [0.1, 0.15) is 0 Å². The van der Waals surface area contributed by atoms with Crippen molar-refractivity contribution in [2.45, 2.75) is 31.3 Å². The first kappa shape index (κ1) is 12.5. The number of carbonyl (C=O) groups is 1. The molecular formula is C14H18FN3O. The first-order valence-electron chi connectivity index (χ1n) is 6.78. The molecule has 3 rings (SSSR count). The van der Waals surface area contributed by atoms with Gasteiger partial charge in [0.05, 0.1) is 5.56 Å². The van der Waals surface area contributed by atoms with E-state index in [0.717, 1.165) is 12.8 Å². The van der Waals surface area contributed by atoms with Gasteiger partial charge in [-0.1, -0.05) is 0 Å². The monoisotopic (exact) mass is 263 g/mol. The zero-order valence-corrected chi connectivity index (χ0v) is 11.1. The fourth-order valence-electron chi connectivity index (χ4n) is 3.21. The summed E-state index contributed by atoms with van der Waals surface area (Å²) < 4.78 is 13.6. The van der Waals surface area contributed by atoms with Crippen LogP contribution in [-0.4, -0.2) is 52.9 Å². The number of likely N-dealkylation sites (tertiary alicyclic amines) is 1. The Labute approximate surface area is 112 Å². The summed E-state index contributed by atoms with van der Waals surface area (Å²) >= 11 is 0. The Morgan fingerprint density at radius 2 is 2.16 bits per heavy atom. The smallest absolute Gasteiger partial charge is 0.258 e. The molecule has 102 valence electrons. The summed E-state index contributed by atoms with van der Waals surface area (Å²) in [7, 11) is 2.13. The molecule has 2 bridgehead atoms. The van der Waals surface area contributed by atoms with E-state index in [9.17, 15) is 9.18 Å². The third-order valence-electron chi connectivity index (χ3n) is 4.43. The Kier molecular flexibility index (Phi) is 3.22. The molecule has 2 unspecified atom stereocenters. The van der Waals surface area contributed by atoms with Gasteiger partial charge in [0.2, 0.25) is 5.95 Å². The van der Waals surface area contributed by atoms with Crippen molar-refractivity contribution >= 4 is 5.91 Å². The van der Waals surface area contributed by atoms with E-state index < -0.39 is 5.95 Å². The maximum Gasteiger partial charge on any atom is 0.258 e. The number of halogens is 1. The molecule has 2 fully saturated rings. The van der Waals surface area contributed by atoms with E-state index in [4.69, 9.17) is 0 Å². The van der Waals surface area contributed by atoms with Crippen LogP contribution in [0, 0.1) is 5.95 Å². The van der Waals surface area contributed by atoms with E-state index in [1.165, 1.54) is 18.7 Å². The van der Waals surface area contributed by atoms with Crippen molar-refractivity contribution in [1.82, 2.24) is 14.8 Å². The second-order valence-electron chi connectivity index (χ2n) is 5.43. The van der Waals surface area contributed by atoms with Crippen molar-refractivity contribution in [3.05, 3.63) is 29.8 Å². The average Bonchev–Trinajstić information content (AvgIpc) is 2.63. The van der Waals surface area contributed by atoms with Crippen LogP contribution in [0.5, 0.6) is 0 Å². The largest absolute Gasteiger partial charge is 0.337 e. The molecule has 2 atom stereocenters. The predicted molar refractivity (Wildman–Crippen MR) is 69.3 cm³/mol. The van der Waals surface area contributed by atoms with Crippen LogP contribution >= 0.6 is 0 Å². The second-order valence-corrected chi connectivity index (χ2v) is 5.43. The Hall–Kier alpha value is -1.49. The lowest BCUT2D eigenvalue weighted by molar-refractivity contribution is 0.0734. The van der Waals surface area contributed by atoms with Gasteiger partial charge in [-0.3, -0.25) is 9.69 Å². The summed E-state index contributed by atoms with van der Waals surface area (Å²) in [6, 6.07) is 4.10. The van der Waals surface area contributed by atoms with Crippen LogP contribution in [0.4, 0.5) is 4.39 Å². The van der Waals surface area contributed by atoms with Gasteiger partial charge in [0.15, 0.2) is 0 Å². The normalized spacial score (nSPS) is 27.4. The number of fused-ring (bicyclic) bond motifs is 2. The lowest BCUT2D eigenvalue weighted by Crippen LogP contribution is -2.40. The summed E-state index contributed by atoms with van der Waals surface area (Å²) in [5, 5.41) is 0. The van der Waals surface area contributed by atoms with Crippen LogP contribution in [0.15, 0.2) is 18.3 Å². The van der Waals surface area contributed by atoms with Crippen LogP contribution in [0.25, 0.3) is 0 Å². The van der Waals surface area contributed by atoms with Crippen molar-refractivity contribution < 1.29 is 9.18 Å². The molecule has 0 aromatic carbocycles. The van der Waals surface area contributed by atoms with Crippen LogP contribution in [0.2, 0.25) is 0 Å². The summed E-state index contributed by atoms with van der Waals surface area (Å²) in [5.41, 5.74) is 0.0860. The van der Waals surface area contributed by atoms with Gasteiger partial charge in [0, 0.05) is 31.4 Å². The molecule has 0 aliphatic carbocycles. The number of carbonyl (C=O) groups excluding carboxylic acids is 1. The summed E-state index contributed by atoms with van der Waals surface area (Å²) in [6.07, 6.45) is 4.68. The topological polar surface area (TPSA) is 36.4 Å². The minimum atomic E-state index is -0.671. The molecule has 1 aromatic rings. The van der Waals surface area contributed by atoms with E-state index >= 15 is 0 Å². The minimum Gasteiger partial charge on any atom is -0.337 e. The zero-order valence-electron chi connectivity index (χ0n) is 11.1. The number of amides is 1. The number of aromatic nitrogens is 1. The van der Waals surface area contributed by atoms with Crippen molar-refractivity contribution in [1.29, 1.82) is 0 Å². The number of hydrogen-bond acceptors (Lipinski definition) is 3. The maximum atomic E-state index is 13.6. The number of hydrogen-bond donors (Lipinski definition) is 0. The fraction of sp³-hybridized carbons (Fsp3) is 0.571. The third kappa shape index (κ3) is 2.23. The molecule has 1 amide bonds. The highest BCUT2D eigenvalue weighted by molar-refractivity contribution is 5.94. The highest BCUT2D eigenvalue weighted by Crippen LogP contribution is 2.29. The van der Waals surface area contributed by atoms with E-state index in [1.54, 1.807) is 11.0 Å². The number of pyridine rings is 1. The zero-order chi connectivity index (χ0) is 13.4. The first-order chi connectivity index (χ1) is 9.16. The number of rotatable bonds is 1. The lowest BCUT2D eigenvalue weighted by atomic mass is 10.1. The third-order valence-corrected chi connectivity index (χ3v) is 4.43. The fourth-order valence-corrected chi connectivity index (χ4v) is 3.21. The Morgan fingerprint density at radius 3 is 2.95 bits per heavy atom. The van der Waals surface area contributed by atoms with E-state index in [2.05, 4.69) is 16.9 Å². The van der Waals surface area contributed by atoms with Crippen molar-refractivity contribution in [2.24, 2.45) is 0 Å². The van der Waals surface area contributed by atoms with Gasteiger partial charge in [-0.15, -0.1) is 0 Å². The summed E-state index contributed by atoms with van der Waals surface area (Å²) in [6.45, 7) is 1.40. The molecule has 0 saturated carbocycles. The van der Waals surface area contributed by atoms with Crippen molar-refractivity contribution in [2.75, 3.05) is 20.1 Å². The van der Waals surface area contributed by atoms with E-state index in [0.29, 0.717) is 25.2 Å². The molecule has 19 heavy (non-hydrogen) atoms. The van der Waals surface area contributed by atoms with Crippen molar-refractivity contribution in [3.63, 3.8) is 0 Å². The highest BCUT2D eigenvalue weighted by atomic mass is 19.1. The molecule has 5 heteroatoms.